The maximum absolute atomic E-state index is 12.2. The molecule has 1 heterocycles. The van der Waals surface area contributed by atoms with Crippen LogP contribution in [-0.4, -0.2) is 28.6 Å². The number of nitrogens with one attached hydrogen (secondary N) is 1. The summed E-state index contributed by atoms with van der Waals surface area (Å²) in [5.74, 6) is -0.150. The molecule has 0 saturated heterocycles. The van der Waals surface area contributed by atoms with Crippen LogP contribution in [0.5, 0.6) is 5.75 Å². The van der Waals surface area contributed by atoms with Crippen molar-refractivity contribution >= 4 is 11.9 Å². The van der Waals surface area contributed by atoms with Crippen molar-refractivity contribution in [1.29, 1.82) is 0 Å². The van der Waals surface area contributed by atoms with E-state index in [1.54, 1.807) is 32.9 Å². The van der Waals surface area contributed by atoms with Gasteiger partial charge in [-0.2, -0.15) is 0 Å². The van der Waals surface area contributed by atoms with Gasteiger partial charge in [0.05, 0.1) is 6.54 Å². The lowest BCUT2D eigenvalue weighted by molar-refractivity contribution is -0.139. The molecule has 7 heteroatoms. The molecule has 0 radical (unpaired) electrons. The molecule has 2 rings (SSSR count). The summed E-state index contributed by atoms with van der Waals surface area (Å²) in [5, 5.41) is 11.4. The number of hydrogen-bond donors (Lipinski definition) is 2. The molecule has 0 bridgehead atoms. The number of carbonyl (C=O) groups is 2. The van der Waals surface area contributed by atoms with Crippen LogP contribution in [0, 0.1) is 20.8 Å². The van der Waals surface area contributed by atoms with Crippen LogP contribution in [0.2, 0.25) is 0 Å². The Labute approximate surface area is 133 Å². The number of aryl methyl sites for hydroxylation is 3. The first-order valence-electron chi connectivity index (χ1n) is 7.01. The van der Waals surface area contributed by atoms with Gasteiger partial charge in [0.15, 0.2) is 13.0 Å². The highest BCUT2D eigenvalue weighted by Crippen LogP contribution is 2.25. The van der Waals surface area contributed by atoms with Crippen LogP contribution in [0.1, 0.15) is 32.9 Å². The average Bonchev–Trinajstić information content (AvgIpc) is 2.88. The van der Waals surface area contributed by atoms with E-state index in [1.165, 1.54) is 6.39 Å². The number of carbonyl (C=O) groups excluding carboxylic acids is 1. The van der Waals surface area contributed by atoms with E-state index < -0.39 is 12.6 Å². The maximum atomic E-state index is 12.2. The maximum Gasteiger partial charge on any atom is 0.341 e. The second kappa shape index (κ2) is 6.95. The Morgan fingerprint density at radius 3 is 2.43 bits per heavy atom. The van der Waals surface area contributed by atoms with Gasteiger partial charge < -0.3 is 19.6 Å². The molecule has 1 amide bonds. The van der Waals surface area contributed by atoms with E-state index >= 15 is 0 Å². The summed E-state index contributed by atoms with van der Waals surface area (Å²) >= 11 is 0. The van der Waals surface area contributed by atoms with Gasteiger partial charge >= 0.3 is 5.97 Å². The SMILES string of the molecule is Cc1cc(C(=O)NCc2ncoc2C)cc(C)c1OCC(=O)O. The van der Waals surface area contributed by atoms with Gasteiger partial charge in [-0.15, -0.1) is 0 Å². The minimum absolute atomic E-state index is 0.247. The fourth-order valence-electron chi connectivity index (χ4n) is 2.21. The van der Waals surface area contributed by atoms with Crippen molar-refractivity contribution in [1.82, 2.24) is 10.3 Å². The lowest BCUT2D eigenvalue weighted by Gasteiger charge is -2.13. The number of ether oxygens (including phenoxy) is 1. The summed E-state index contributed by atoms with van der Waals surface area (Å²) in [6.07, 6.45) is 1.33. The smallest absolute Gasteiger partial charge is 0.341 e. The topological polar surface area (TPSA) is 102 Å². The van der Waals surface area contributed by atoms with Gasteiger partial charge in [-0.05, 0) is 44.0 Å². The van der Waals surface area contributed by atoms with Gasteiger partial charge in [-0.25, -0.2) is 9.78 Å². The van der Waals surface area contributed by atoms with Crippen LogP contribution < -0.4 is 10.1 Å². The van der Waals surface area contributed by atoms with Crippen LogP contribution in [0.4, 0.5) is 0 Å². The third-order valence-electron chi connectivity index (χ3n) is 3.32. The van der Waals surface area contributed by atoms with E-state index in [4.69, 9.17) is 14.3 Å². The zero-order valence-corrected chi connectivity index (χ0v) is 13.2. The Balaban J connectivity index is 2.09. The lowest BCUT2D eigenvalue weighted by atomic mass is 10.1. The number of nitrogens with zero attached hydrogens (tertiary/aromatic N) is 1. The number of benzene rings is 1. The molecule has 0 saturated carbocycles. The Morgan fingerprint density at radius 1 is 1.26 bits per heavy atom. The average molecular weight is 318 g/mol. The van der Waals surface area contributed by atoms with Crippen molar-refractivity contribution in [3.63, 3.8) is 0 Å². The van der Waals surface area contributed by atoms with Gasteiger partial charge in [0.2, 0.25) is 0 Å². The summed E-state index contributed by atoms with van der Waals surface area (Å²) in [5.41, 5.74) is 2.56. The molecule has 2 aromatic rings. The number of oxazole rings is 1. The molecule has 0 unspecified atom stereocenters. The quantitative estimate of drug-likeness (QED) is 0.844. The van der Waals surface area contributed by atoms with Gasteiger partial charge in [0, 0.05) is 5.56 Å². The highest BCUT2D eigenvalue weighted by molar-refractivity contribution is 5.94. The van der Waals surface area contributed by atoms with Crippen molar-refractivity contribution in [3.8, 4) is 5.75 Å². The van der Waals surface area contributed by atoms with Crippen LogP contribution >= 0.6 is 0 Å². The lowest BCUT2D eigenvalue weighted by Crippen LogP contribution is -2.23. The summed E-state index contributed by atoms with van der Waals surface area (Å²) in [4.78, 5) is 26.8. The normalized spacial score (nSPS) is 10.4. The first-order valence-corrected chi connectivity index (χ1v) is 7.01. The van der Waals surface area contributed by atoms with Crippen molar-refractivity contribution in [2.45, 2.75) is 27.3 Å². The number of carboxylic acid groups (broad SMARTS) is 1. The third-order valence-corrected chi connectivity index (χ3v) is 3.32. The molecule has 1 aromatic heterocycles. The number of carboxylic acids is 1. The van der Waals surface area contributed by atoms with Gasteiger partial charge in [0.25, 0.3) is 5.91 Å². The zero-order chi connectivity index (χ0) is 17.0. The van der Waals surface area contributed by atoms with Gasteiger partial charge in [-0.1, -0.05) is 0 Å². The molecule has 0 atom stereocenters. The largest absolute Gasteiger partial charge is 0.481 e. The Morgan fingerprint density at radius 2 is 1.91 bits per heavy atom. The van der Waals surface area contributed by atoms with Crippen molar-refractivity contribution in [2.75, 3.05) is 6.61 Å². The molecule has 0 fully saturated rings. The van der Waals surface area contributed by atoms with Crippen molar-refractivity contribution < 1.29 is 23.8 Å². The van der Waals surface area contributed by atoms with E-state index in [9.17, 15) is 9.59 Å². The Hall–Kier alpha value is -2.83. The summed E-state index contributed by atoms with van der Waals surface area (Å²) in [6.45, 7) is 5.16. The zero-order valence-electron chi connectivity index (χ0n) is 13.2. The van der Waals surface area contributed by atoms with Gasteiger partial charge in [-0.3, -0.25) is 4.79 Å². The highest BCUT2D eigenvalue weighted by atomic mass is 16.5. The van der Waals surface area contributed by atoms with E-state index in [0.29, 0.717) is 33.9 Å². The van der Waals surface area contributed by atoms with Crippen LogP contribution in [-0.2, 0) is 11.3 Å². The van der Waals surface area contributed by atoms with E-state index in [1.807, 2.05) is 0 Å². The third kappa shape index (κ3) is 4.09. The number of aromatic nitrogens is 1. The molecule has 2 N–H and O–H groups in total. The molecule has 7 nitrogen and oxygen atoms in total. The first-order chi connectivity index (χ1) is 10.9. The number of aliphatic carboxylic acids is 1. The summed E-state index contributed by atoms with van der Waals surface area (Å²) in [6, 6.07) is 3.32. The monoisotopic (exact) mass is 318 g/mol. The number of hydrogen-bond acceptors (Lipinski definition) is 5. The second-order valence-electron chi connectivity index (χ2n) is 5.16. The molecular formula is C16H18N2O5. The minimum Gasteiger partial charge on any atom is -0.481 e. The molecule has 23 heavy (non-hydrogen) atoms. The van der Waals surface area contributed by atoms with Crippen LogP contribution in [0.25, 0.3) is 0 Å². The molecular weight excluding hydrogens is 300 g/mol. The van der Waals surface area contributed by atoms with Crippen molar-refractivity contribution in [3.05, 3.63) is 46.7 Å². The second-order valence-corrected chi connectivity index (χ2v) is 5.16. The molecule has 0 spiro atoms. The molecule has 1 aromatic carbocycles. The van der Waals surface area contributed by atoms with Crippen LogP contribution in [0.15, 0.2) is 22.9 Å². The Kier molecular flexibility index (Phi) is 5.00. The number of amides is 1. The predicted molar refractivity (Wildman–Crippen MR) is 81.5 cm³/mol. The minimum atomic E-state index is -1.05. The predicted octanol–water partition coefficient (Wildman–Crippen LogP) is 1.99. The van der Waals surface area contributed by atoms with Gasteiger partial charge in [0.1, 0.15) is 17.2 Å². The van der Waals surface area contributed by atoms with E-state index in [-0.39, 0.29) is 12.5 Å². The first kappa shape index (κ1) is 16.5. The Bertz CT molecular complexity index is 713. The fraction of sp³-hybridized carbons (Fsp3) is 0.312. The molecule has 0 aliphatic carbocycles. The number of rotatable bonds is 6. The van der Waals surface area contributed by atoms with E-state index in [0.717, 1.165) is 0 Å². The molecule has 122 valence electrons. The summed E-state index contributed by atoms with van der Waals surface area (Å²) < 4.78 is 10.3. The van der Waals surface area contributed by atoms with Crippen molar-refractivity contribution in [2.24, 2.45) is 0 Å². The fourth-order valence-corrected chi connectivity index (χ4v) is 2.21. The highest BCUT2D eigenvalue weighted by Gasteiger charge is 2.13. The standard InChI is InChI=1S/C16H18N2O5/c1-9-4-12(5-10(2)15(9)22-7-14(19)20)16(21)17-6-13-11(3)23-8-18-13/h4-5,8H,6-7H2,1-3H3,(H,17,21)(H,19,20). The molecule has 0 aliphatic rings. The summed E-state index contributed by atoms with van der Waals surface area (Å²) in [7, 11) is 0. The van der Waals surface area contributed by atoms with Crippen LogP contribution in [0.3, 0.4) is 0 Å². The van der Waals surface area contributed by atoms with E-state index in [2.05, 4.69) is 10.3 Å². The molecule has 0 aliphatic heterocycles.